The van der Waals surface area contributed by atoms with E-state index in [-0.39, 0.29) is 36.4 Å². The summed E-state index contributed by atoms with van der Waals surface area (Å²) in [6.45, 7) is 4.20. The minimum Gasteiger partial charge on any atom is -0.480 e. The first-order valence-electron chi connectivity index (χ1n) is 14.1. The first-order valence-corrected chi connectivity index (χ1v) is 14.1. The van der Waals surface area contributed by atoms with Crippen molar-refractivity contribution in [3.8, 4) is 11.1 Å². The number of alkyl halides is 2. The van der Waals surface area contributed by atoms with E-state index in [9.17, 15) is 23.8 Å². The van der Waals surface area contributed by atoms with Gasteiger partial charge in [-0.1, -0.05) is 0 Å². The number of piperidine rings is 1. The molecule has 4 heterocycles. The van der Waals surface area contributed by atoms with Gasteiger partial charge in [-0.3, -0.25) is 24.6 Å². The number of carboxylic acid groups (broad SMARTS) is 1. The maximum Gasteiger partial charge on any atom is 0.317 e. The molecule has 1 saturated heterocycles. The molecule has 3 aliphatic rings. The van der Waals surface area contributed by atoms with Crippen LogP contribution in [-0.4, -0.2) is 87.7 Å². The monoisotopic (exact) mass is 569 g/mol. The number of carbonyl (C=O) groups excluding carboxylic acids is 1. The molecule has 0 unspecified atom stereocenters. The number of amidine groups is 1. The second-order valence-electron chi connectivity index (χ2n) is 11.1. The maximum absolute atomic E-state index is 14.3. The Balaban J connectivity index is 1.45. The molecule has 1 fully saturated rings. The summed E-state index contributed by atoms with van der Waals surface area (Å²) >= 11 is 0. The highest BCUT2D eigenvalue weighted by molar-refractivity contribution is 6.09. The van der Waals surface area contributed by atoms with Gasteiger partial charge in [-0.2, -0.15) is 5.10 Å². The van der Waals surface area contributed by atoms with Crippen molar-refractivity contribution in [2.45, 2.75) is 51.5 Å². The molecular formula is C29H37F2N7O3. The van der Waals surface area contributed by atoms with Gasteiger partial charge in [0, 0.05) is 86.9 Å². The van der Waals surface area contributed by atoms with E-state index in [0.717, 1.165) is 30.5 Å². The fraction of sp³-hybridized carbons (Fsp3) is 0.517. The fourth-order valence-corrected chi connectivity index (χ4v) is 6.12. The van der Waals surface area contributed by atoms with E-state index in [1.807, 2.05) is 15.9 Å². The molecule has 10 nitrogen and oxygen atoms in total. The Morgan fingerprint density at radius 2 is 1.93 bits per heavy atom. The summed E-state index contributed by atoms with van der Waals surface area (Å²) in [7, 11) is 1.75. The van der Waals surface area contributed by atoms with Gasteiger partial charge in [-0.25, -0.2) is 8.78 Å². The first kappa shape index (κ1) is 28.7. The second-order valence-corrected chi connectivity index (χ2v) is 11.1. The minimum atomic E-state index is -2.69. The van der Waals surface area contributed by atoms with Crippen molar-refractivity contribution < 1.29 is 23.5 Å². The van der Waals surface area contributed by atoms with Crippen molar-refractivity contribution in [3.05, 3.63) is 46.9 Å². The predicted molar refractivity (Wildman–Crippen MR) is 151 cm³/mol. The summed E-state index contributed by atoms with van der Waals surface area (Å²) in [5, 5.41) is 26.2. The Labute approximate surface area is 238 Å². The van der Waals surface area contributed by atoms with E-state index in [2.05, 4.69) is 10.4 Å². The number of anilines is 1. The molecule has 0 spiro atoms. The van der Waals surface area contributed by atoms with Crippen LogP contribution in [0, 0.1) is 5.41 Å². The Kier molecular flexibility index (Phi) is 8.39. The number of benzene rings is 1. The lowest BCUT2D eigenvalue weighted by Gasteiger charge is -2.39. The summed E-state index contributed by atoms with van der Waals surface area (Å²) in [5.41, 5.74) is 4.11. The number of hydrogen-bond donors (Lipinski definition) is 3. The molecule has 1 aromatic heterocycles. The van der Waals surface area contributed by atoms with E-state index in [1.54, 1.807) is 29.0 Å². The fourth-order valence-electron chi connectivity index (χ4n) is 6.12. The predicted octanol–water partition coefficient (Wildman–Crippen LogP) is 3.40. The lowest BCUT2D eigenvalue weighted by molar-refractivity contribution is -0.138. The molecule has 0 bridgehead atoms. The molecule has 0 atom stereocenters. The molecule has 0 saturated carbocycles. The van der Waals surface area contributed by atoms with Crippen LogP contribution in [0.4, 0.5) is 14.5 Å². The Bertz CT molecular complexity index is 1360. The van der Waals surface area contributed by atoms with E-state index in [0.29, 0.717) is 61.4 Å². The maximum atomic E-state index is 14.3. The van der Waals surface area contributed by atoms with Crippen LogP contribution in [0.2, 0.25) is 0 Å². The summed E-state index contributed by atoms with van der Waals surface area (Å²) in [6.07, 6.45) is 4.21. The number of carboxylic acids is 1. The van der Waals surface area contributed by atoms with Crippen LogP contribution in [-0.2, 0) is 23.1 Å². The molecule has 12 heteroatoms. The number of amides is 1. The molecule has 220 valence electrons. The molecule has 41 heavy (non-hydrogen) atoms. The lowest BCUT2D eigenvalue weighted by atomic mass is 9.92. The number of rotatable bonds is 7. The number of carbonyl (C=O) groups is 2. The van der Waals surface area contributed by atoms with Crippen molar-refractivity contribution in [2.75, 3.05) is 44.2 Å². The third kappa shape index (κ3) is 6.27. The van der Waals surface area contributed by atoms with Crippen LogP contribution in [0.5, 0.6) is 0 Å². The van der Waals surface area contributed by atoms with Gasteiger partial charge in [0.1, 0.15) is 5.84 Å². The molecule has 5 rings (SSSR count). The van der Waals surface area contributed by atoms with Crippen LogP contribution in [0.25, 0.3) is 11.1 Å². The Morgan fingerprint density at radius 1 is 1.17 bits per heavy atom. The van der Waals surface area contributed by atoms with Crippen molar-refractivity contribution in [1.29, 1.82) is 5.41 Å². The number of halogens is 2. The second kappa shape index (κ2) is 12.0. The van der Waals surface area contributed by atoms with Crippen molar-refractivity contribution >= 4 is 23.4 Å². The van der Waals surface area contributed by atoms with Crippen LogP contribution >= 0.6 is 0 Å². The van der Waals surface area contributed by atoms with Crippen LogP contribution in [0.1, 0.15) is 50.2 Å². The standard InChI is InChI=1S/C29H37F2N7O3/c1-18(39)37-11-7-25(34-21-5-9-36(10-6-21)17-27(40)41)24(16-37)29(32)38-8-3-4-19-12-22(20-14-33-35(2)15-20)23(28(30)31)13-26(19)38/h12-15,21,28,32,34H,3-11,16-17H2,1-2H3,(H,40,41). The third-order valence-corrected chi connectivity index (χ3v) is 8.29. The molecule has 3 N–H and O–H groups in total. The number of aryl methyl sites for hydroxylation is 2. The van der Waals surface area contributed by atoms with Crippen molar-refractivity contribution in [3.63, 3.8) is 0 Å². The van der Waals surface area contributed by atoms with Gasteiger partial charge in [0.15, 0.2) is 0 Å². The van der Waals surface area contributed by atoms with Gasteiger partial charge in [0.25, 0.3) is 6.43 Å². The number of nitrogens with one attached hydrogen (secondary N) is 2. The highest BCUT2D eigenvalue weighted by Gasteiger charge is 2.32. The molecule has 1 aromatic carbocycles. The zero-order valence-corrected chi connectivity index (χ0v) is 23.5. The van der Waals surface area contributed by atoms with Gasteiger partial charge >= 0.3 is 5.97 Å². The van der Waals surface area contributed by atoms with E-state index >= 15 is 0 Å². The molecule has 2 aromatic rings. The number of nitrogens with zero attached hydrogens (tertiary/aromatic N) is 5. The van der Waals surface area contributed by atoms with E-state index in [1.165, 1.54) is 13.0 Å². The number of likely N-dealkylation sites (tertiary alicyclic amines) is 1. The first-order chi connectivity index (χ1) is 19.6. The van der Waals surface area contributed by atoms with Crippen LogP contribution in [0.3, 0.4) is 0 Å². The van der Waals surface area contributed by atoms with Gasteiger partial charge in [-0.15, -0.1) is 0 Å². The molecular weight excluding hydrogens is 532 g/mol. The Morgan fingerprint density at radius 3 is 2.56 bits per heavy atom. The molecule has 1 amide bonds. The minimum absolute atomic E-state index is 0.0242. The zero-order valence-electron chi connectivity index (χ0n) is 23.5. The smallest absolute Gasteiger partial charge is 0.317 e. The van der Waals surface area contributed by atoms with Crippen LogP contribution < -0.4 is 10.2 Å². The number of aliphatic carboxylic acids is 1. The molecule has 0 radical (unpaired) electrons. The number of fused-ring (bicyclic) bond motifs is 1. The zero-order chi connectivity index (χ0) is 29.3. The van der Waals surface area contributed by atoms with E-state index < -0.39 is 12.4 Å². The topological polar surface area (TPSA) is 118 Å². The highest BCUT2D eigenvalue weighted by Crippen LogP contribution is 2.39. The van der Waals surface area contributed by atoms with Gasteiger partial charge < -0.3 is 20.2 Å². The summed E-state index contributed by atoms with van der Waals surface area (Å²) in [4.78, 5) is 28.8. The molecule has 0 aliphatic carbocycles. The van der Waals surface area contributed by atoms with Crippen molar-refractivity contribution in [1.82, 2.24) is 24.9 Å². The Hall–Kier alpha value is -3.80. The normalized spacial score (nSPS) is 18.6. The quantitative estimate of drug-likeness (QED) is 0.346. The number of aromatic nitrogens is 2. The molecule has 3 aliphatic heterocycles. The van der Waals surface area contributed by atoms with Crippen LogP contribution in [0.15, 0.2) is 35.8 Å². The highest BCUT2D eigenvalue weighted by atomic mass is 19.3. The van der Waals surface area contributed by atoms with Gasteiger partial charge in [0.2, 0.25) is 5.91 Å². The summed E-state index contributed by atoms with van der Waals surface area (Å²) in [6, 6.07) is 3.46. The number of hydrogen-bond acceptors (Lipinski definition) is 6. The summed E-state index contributed by atoms with van der Waals surface area (Å²) < 4.78 is 30.3. The average Bonchev–Trinajstić information content (AvgIpc) is 3.38. The van der Waals surface area contributed by atoms with Gasteiger partial charge in [0.05, 0.1) is 19.3 Å². The average molecular weight is 570 g/mol. The van der Waals surface area contributed by atoms with E-state index in [4.69, 9.17) is 5.11 Å². The lowest BCUT2D eigenvalue weighted by Crippen LogP contribution is -2.48. The largest absolute Gasteiger partial charge is 0.480 e. The van der Waals surface area contributed by atoms with Gasteiger partial charge in [-0.05, 0) is 48.9 Å². The van der Waals surface area contributed by atoms with Crippen molar-refractivity contribution in [2.24, 2.45) is 7.05 Å². The summed E-state index contributed by atoms with van der Waals surface area (Å²) in [5.74, 6) is -0.690. The third-order valence-electron chi connectivity index (χ3n) is 8.29. The SMILES string of the molecule is CC(=O)N1CCC(NC2CCN(CC(=O)O)CC2)=C(C(=N)N2CCCc3cc(-c4cnn(C)c4)c(C(F)F)cc32)C1.